The number of alkyl halides is 3. The zero-order valence-electron chi connectivity index (χ0n) is 19.0. The summed E-state index contributed by atoms with van der Waals surface area (Å²) < 4.78 is 45.5. The Morgan fingerprint density at radius 3 is 2.32 bits per heavy atom. The third kappa shape index (κ3) is 6.03. The van der Waals surface area contributed by atoms with Crippen molar-refractivity contribution in [3.63, 3.8) is 0 Å². The largest absolute Gasteiger partial charge is 0.482 e. The Balaban J connectivity index is 1.74. The average molecular weight is 474 g/mol. The van der Waals surface area contributed by atoms with Crippen LogP contribution in [0.3, 0.4) is 0 Å². The molecule has 0 saturated carbocycles. The zero-order chi connectivity index (χ0) is 25.0. The third-order valence-corrected chi connectivity index (χ3v) is 5.27. The van der Waals surface area contributed by atoms with Gasteiger partial charge in [-0.15, -0.1) is 0 Å². The molecule has 0 radical (unpaired) electrons. The van der Waals surface area contributed by atoms with Crippen LogP contribution < -0.4 is 4.74 Å². The standard InChI is InChI=1S/C25H25F3N2O4/c1-15(2)30-20(13-21(29-30)17-4-7-19(8-5-17)25(26,27)28)9-10-22(31)18-6-11-23(16(3)12-18)34-14-24(32)33/h4-8,11-13,15H,9-10,14H2,1-3H3,(H,32,33). The molecule has 0 aliphatic rings. The Morgan fingerprint density at radius 2 is 1.76 bits per heavy atom. The van der Waals surface area contributed by atoms with Crippen molar-refractivity contribution in [3.05, 3.63) is 70.9 Å². The zero-order valence-corrected chi connectivity index (χ0v) is 19.0. The molecule has 0 saturated heterocycles. The molecule has 2 aromatic carbocycles. The molecule has 0 aliphatic heterocycles. The van der Waals surface area contributed by atoms with Gasteiger partial charge in [0.15, 0.2) is 12.4 Å². The van der Waals surface area contributed by atoms with Gasteiger partial charge in [0, 0.05) is 29.3 Å². The number of aliphatic carboxylic acids is 1. The van der Waals surface area contributed by atoms with Crippen molar-refractivity contribution in [1.29, 1.82) is 0 Å². The summed E-state index contributed by atoms with van der Waals surface area (Å²) in [5.74, 6) is -0.782. The van der Waals surface area contributed by atoms with Crippen LogP contribution in [0.5, 0.6) is 5.75 Å². The number of carboxylic acids is 1. The van der Waals surface area contributed by atoms with Crippen LogP contribution in [-0.2, 0) is 17.4 Å². The summed E-state index contributed by atoms with van der Waals surface area (Å²) in [5.41, 5.74) is 2.33. The van der Waals surface area contributed by atoms with Gasteiger partial charge < -0.3 is 9.84 Å². The fourth-order valence-corrected chi connectivity index (χ4v) is 3.55. The number of nitrogens with zero attached hydrogens (tertiary/aromatic N) is 2. The summed E-state index contributed by atoms with van der Waals surface area (Å²) in [7, 11) is 0. The molecule has 1 N–H and O–H groups in total. The van der Waals surface area contributed by atoms with Crippen LogP contribution in [0, 0.1) is 6.92 Å². The topological polar surface area (TPSA) is 81.4 Å². The monoisotopic (exact) mass is 474 g/mol. The first-order valence-corrected chi connectivity index (χ1v) is 10.7. The van der Waals surface area contributed by atoms with Gasteiger partial charge in [-0.2, -0.15) is 18.3 Å². The Labute approximate surface area is 195 Å². The van der Waals surface area contributed by atoms with Crippen LogP contribution in [-0.4, -0.2) is 33.2 Å². The Bertz CT molecular complexity index is 1180. The Kier molecular flexibility index (Phi) is 7.44. The number of benzene rings is 2. The number of hydrogen-bond donors (Lipinski definition) is 1. The molecule has 0 aliphatic carbocycles. The van der Waals surface area contributed by atoms with Gasteiger partial charge in [-0.05, 0) is 69.2 Å². The molecule has 3 rings (SSSR count). The molecule has 6 nitrogen and oxygen atoms in total. The van der Waals surface area contributed by atoms with Crippen molar-refractivity contribution in [1.82, 2.24) is 9.78 Å². The van der Waals surface area contributed by atoms with Crippen LogP contribution in [0.2, 0.25) is 0 Å². The first-order chi connectivity index (χ1) is 16.0. The van der Waals surface area contributed by atoms with Crippen molar-refractivity contribution in [3.8, 4) is 17.0 Å². The SMILES string of the molecule is Cc1cc(C(=O)CCc2cc(-c3ccc(C(F)(F)F)cc3)nn2C(C)C)ccc1OCC(=O)O. The van der Waals surface area contributed by atoms with Crippen LogP contribution in [0.1, 0.15) is 53.5 Å². The predicted octanol–water partition coefficient (Wildman–Crippen LogP) is 5.74. The van der Waals surface area contributed by atoms with E-state index in [0.717, 1.165) is 17.8 Å². The predicted molar refractivity (Wildman–Crippen MR) is 120 cm³/mol. The number of ether oxygens (including phenoxy) is 1. The third-order valence-electron chi connectivity index (χ3n) is 5.27. The lowest BCUT2D eigenvalue weighted by Crippen LogP contribution is -2.11. The summed E-state index contributed by atoms with van der Waals surface area (Å²) in [6, 6.07) is 11.5. The first-order valence-electron chi connectivity index (χ1n) is 10.7. The van der Waals surface area contributed by atoms with Gasteiger partial charge in [0.05, 0.1) is 11.3 Å². The number of hydrogen-bond acceptors (Lipinski definition) is 4. The van der Waals surface area contributed by atoms with E-state index in [-0.39, 0.29) is 18.2 Å². The minimum absolute atomic E-state index is 0.00112. The van der Waals surface area contributed by atoms with E-state index >= 15 is 0 Å². The molecular weight excluding hydrogens is 449 g/mol. The molecule has 0 fully saturated rings. The summed E-state index contributed by atoms with van der Waals surface area (Å²) >= 11 is 0. The number of carbonyl (C=O) groups excluding carboxylic acids is 1. The molecular formula is C25H25F3N2O4. The van der Waals surface area contributed by atoms with Crippen LogP contribution in [0.4, 0.5) is 13.2 Å². The highest BCUT2D eigenvalue weighted by Gasteiger charge is 2.30. The second kappa shape index (κ2) is 10.1. The van der Waals surface area contributed by atoms with Crippen LogP contribution >= 0.6 is 0 Å². The van der Waals surface area contributed by atoms with Crippen molar-refractivity contribution < 1.29 is 32.6 Å². The maximum Gasteiger partial charge on any atom is 0.416 e. The second-order valence-electron chi connectivity index (χ2n) is 8.22. The normalized spacial score (nSPS) is 11.6. The summed E-state index contributed by atoms with van der Waals surface area (Å²) in [6.45, 7) is 5.15. The lowest BCUT2D eigenvalue weighted by molar-refractivity contribution is -0.139. The second-order valence-corrected chi connectivity index (χ2v) is 8.22. The average Bonchev–Trinajstić information content (AvgIpc) is 3.20. The van der Waals surface area contributed by atoms with Crippen molar-refractivity contribution in [2.45, 2.75) is 45.8 Å². The molecule has 0 unspecified atom stereocenters. The molecule has 1 aromatic heterocycles. The molecule has 34 heavy (non-hydrogen) atoms. The summed E-state index contributed by atoms with van der Waals surface area (Å²) in [6.07, 6.45) is -3.79. The van der Waals surface area contributed by atoms with Crippen molar-refractivity contribution in [2.75, 3.05) is 6.61 Å². The highest BCUT2D eigenvalue weighted by molar-refractivity contribution is 5.96. The summed E-state index contributed by atoms with van der Waals surface area (Å²) in [4.78, 5) is 23.4. The van der Waals surface area contributed by atoms with Gasteiger partial charge in [0.1, 0.15) is 5.75 Å². The number of carbonyl (C=O) groups is 2. The lowest BCUT2D eigenvalue weighted by atomic mass is 10.0. The highest BCUT2D eigenvalue weighted by Crippen LogP contribution is 2.31. The fraction of sp³-hybridized carbons (Fsp3) is 0.320. The van der Waals surface area contributed by atoms with E-state index in [2.05, 4.69) is 5.10 Å². The molecule has 9 heteroatoms. The molecule has 180 valence electrons. The first kappa shape index (κ1) is 25.0. The quantitative estimate of drug-likeness (QED) is 0.400. The molecule has 0 bridgehead atoms. The smallest absolute Gasteiger partial charge is 0.416 e. The van der Waals surface area contributed by atoms with Gasteiger partial charge in [0.2, 0.25) is 0 Å². The van der Waals surface area contributed by atoms with E-state index in [4.69, 9.17) is 9.84 Å². The Morgan fingerprint density at radius 1 is 1.09 bits per heavy atom. The van der Waals surface area contributed by atoms with E-state index < -0.39 is 24.3 Å². The van der Waals surface area contributed by atoms with Gasteiger partial charge in [-0.3, -0.25) is 9.48 Å². The highest BCUT2D eigenvalue weighted by atomic mass is 19.4. The number of aromatic nitrogens is 2. The van der Waals surface area contributed by atoms with E-state index in [1.165, 1.54) is 12.1 Å². The number of rotatable bonds is 9. The van der Waals surface area contributed by atoms with Gasteiger partial charge >= 0.3 is 12.1 Å². The van der Waals surface area contributed by atoms with E-state index in [0.29, 0.717) is 34.6 Å². The minimum atomic E-state index is -4.40. The van der Waals surface area contributed by atoms with E-state index in [1.807, 2.05) is 13.8 Å². The number of halogens is 3. The van der Waals surface area contributed by atoms with Crippen LogP contribution in [0.15, 0.2) is 48.5 Å². The number of aryl methyl sites for hydroxylation is 2. The minimum Gasteiger partial charge on any atom is -0.482 e. The maximum atomic E-state index is 12.8. The molecule has 1 heterocycles. The van der Waals surface area contributed by atoms with Crippen molar-refractivity contribution in [2.24, 2.45) is 0 Å². The molecule has 0 amide bonds. The fourth-order valence-electron chi connectivity index (χ4n) is 3.55. The molecule has 0 spiro atoms. The lowest BCUT2D eigenvalue weighted by Gasteiger charge is -2.11. The Hall–Kier alpha value is -3.62. The molecule has 3 aromatic rings. The van der Waals surface area contributed by atoms with Crippen LogP contribution in [0.25, 0.3) is 11.3 Å². The maximum absolute atomic E-state index is 12.8. The van der Waals surface area contributed by atoms with Crippen molar-refractivity contribution >= 4 is 11.8 Å². The summed E-state index contributed by atoms with van der Waals surface area (Å²) in [5, 5.41) is 13.3. The van der Waals surface area contributed by atoms with Gasteiger partial charge in [-0.25, -0.2) is 4.79 Å². The van der Waals surface area contributed by atoms with Gasteiger partial charge in [-0.1, -0.05) is 12.1 Å². The number of Topliss-reactive ketones (excluding diaryl/α,β-unsaturated/α-hetero) is 1. The van der Waals surface area contributed by atoms with Gasteiger partial charge in [0.25, 0.3) is 0 Å². The van der Waals surface area contributed by atoms with E-state index in [9.17, 15) is 22.8 Å². The number of ketones is 1. The molecule has 0 atom stereocenters. The number of carboxylic acid groups (broad SMARTS) is 1. The van der Waals surface area contributed by atoms with E-state index in [1.54, 1.807) is 35.9 Å².